The maximum Gasteiger partial charge on any atom is 0.230 e. The van der Waals surface area contributed by atoms with E-state index in [4.69, 9.17) is 23.2 Å². The van der Waals surface area contributed by atoms with Crippen LogP contribution in [0, 0.1) is 5.82 Å². The SMILES string of the molecule is O=C(Cc1ccc(F)cc1)Nc1nc(-c2cc(Cl)ccc2Cl)cs1. The van der Waals surface area contributed by atoms with Crippen molar-refractivity contribution in [2.45, 2.75) is 6.42 Å². The van der Waals surface area contributed by atoms with Gasteiger partial charge in [-0.3, -0.25) is 4.79 Å². The molecule has 0 radical (unpaired) electrons. The third-order valence-corrected chi connectivity index (χ3v) is 4.56. The summed E-state index contributed by atoms with van der Waals surface area (Å²) in [5.74, 6) is -0.554. The average Bonchev–Trinajstić information content (AvgIpc) is 3.00. The van der Waals surface area contributed by atoms with Crippen LogP contribution >= 0.6 is 34.5 Å². The summed E-state index contributed by atoms with van der Waals surface area (Å²) < 4.78 is 12.9. The molecular weight excluding hydrogens is 370 g/mol. The quantitative estimate of drug-likeness (QED) is 0.654. The molecule has 0 spiro atoms. The van der Waals surface area contributed by atoms with Gasteiger partial charge < -0.3 is 5.32 Å². The lowest BCUT2D eigenvalue weighted by Crippen LogP contribution is -2.14. The van der Waals surface area contributed by atoms with Crippen LogP contribution in [0.1, 0.15) is 5.56 Å². The van der Waals surface area contributed by atoms with Crippen LogP contribution in [-0.2, 0) is 11.2 Å². The Morgan fingerprint density at radius 2 is 1.92 bits per heavy atom. The molecule has 0 saturated carbocycles. The number of anilines is 1. The number of amides is 1. The van der Waals surface area contributed by atoms with E-state index in [1.165, 1.54) is 23.5 Å². The summed E-state index contributed by atoms with van der Waals surface area (Å²) in [5, 5.41) is 6.09. The van der Waals surface area contributed by atoms with E-state index in [9.17, 15) is 9.18 Å². The van der Waals surface area contributed by atoms with E-state index in [1.54, 1.807) is 35.7 Å². The van der Waals surface area contributed by atoms with Gasteiger partial charge in [-0.05, 0) is 35.9 Å². The number of benzene rings is 2. The van der Waals surface area contributed by atoms with Gasteiger partial charge in [0.05, 0.1) is 17.1 Å². The second-order valence-electron chi connectivity index (χ2n) is 5.01. The Morgan fingerprint density at radius 3 is 2.67 bits per heavy atom. The van der Waals surface area contributed by atoms with E-state index >= 15 is 0 Å². The largest absolute Gasteiger partial charge is 0.302 e. The predicted octanol–water partition coefficient (Wildman–Crippen LogP) is 5.44. The number of hydrogen-bond donors (Lipinski definition) is 1. The van der Waals surface area contributed by atoms with Crippen LogP contribution in [0.4, 0.5) is 9.52 Å². The molecule has 1 aromatic heterocycles. The Morgan fingerprint density at radius 1 is 1.17 bits per heavy atom. The van der Waals surface area contributed by atoms with Gasteiger partial charge >= 0.3 is 0 Å². The van der Waals surface area contributed by atoms with Gasteiger partial charge in [-0.2, -0.15) is 0 Å². The third kappa shape index (κ3) is 4.12. The van der Waals surface area contributed by atoms with E-state index in [-0.39, 0.29) is 18.1 Å². The van der Waals surface area contributed by atoms with Crippen LogP contribution < -0.4 is 5.32 Å². The number of nitrogens with one attached hydrogen (secondary N) is 1. The molecule has 1 heterocycles. The Hall–Kier alpha value is -1.95. The van der Waals surface area contributed by atoms with Crippen LogP contribution in [0.25, 0.3) is 11.3 Å². The Bertz CT molecular complexity index is 881. The molecule has 0 atom stereocenters. The van der Waals surface area contributed by atoms with Crippen molar-refractivity contribution in [1.29, 1.82) is 0 Å². The fraction of sp³-hybridized carbons (Fsp3) is 0.0588. The minimum Gasteiger partial charge on any atom is -0.302 e. The summed E-state index contributed by atoms with van der Waals surface area (Å²) in [6, 6.07) is 10.9. The number of nitrogens with zero attached hydrogens (tertiary/aromatic N) is 1. The molecule has 0 aliphatic heterocycles. The summed E-state index contributed by atoms with van der Waals surface area (Å²) in [6.45, 7) is 0. The lowest BCUT2D eigenvalue weighted by molar-refractivity contribution is -0.115. The fourth-order valence-electron chi connectivity index (χ4n) is 2.10. The van der Waals surface area contributed by atoms with Gasteiger partial charge in [0.1, 0.15) is 5.82 Å². The topological polar surface area (TPSA) is 42.0 Å². The lowest BCUT2D eigenvalue weighted by atomic mass is 10.1. The number of carbonyl (C=O) groups is 1. The first-order chi connectivity index (χ1) is 11.5. The van der Waals surface area contributed by atoms with Gasteiger partial charge in [0, 0.05) is 16.0 Å². The predicted molar refractivity (Wildman–Crippen MR) is 96.3 cm³/mol. The lowest BCUT2D eigenvalue weighted by Gasteiger charge is -2.03. The summed E-state index contributed by atoms with van der Waals surface area (Å²) in [5.41, 5.74) is 2.08. The van der Waals surface area contributed by atoms with Crippen molar-refractivity contribution in [3.63, 3.8) is 0 Å². The summed E-state index contributed by atoms with van der Waals surface area (Å²) >= 11 is 13.4. The third-order valence-electron chi connectivity index (χ3n) is 3.23. The van der Waals surface area contributed by atoms with Gasteiger partial charge in [-0.25, -0.2) is 9.37 Å². The van der Waals surface area contributed by atoms with Crippen LogP contribution in [0.2, 0.25) is 10.0 Å². The normalized spacial score (nSPS) is 10.6. The number of hydrogen-bond acceptors (Lipinski definition) is 3. The molecule has 7 heteroatoms. The van der Waals surface area contributed by atoms with E-state index in [2.05, 4.69) is 10.3 Å². The van der Waals surface area contributed by atoms with Crippen LogP contribution in [0.3, 0.4) is 0 Å². The number of carbonyl (C=O) groups excluding carboxylic acids is 1. The Labute approximate surface area is 152 Å². The van der Waals surface area contributed by atoms with Gasteiger partial charge in [0.25, 0.3) is 0 Å². The minimum absolute atomic E-state index is 0.146. The van der Waals surface area contributed by atoms with Gasteiger partial charge in [-0.15, -0.1) is 11.3 Å². The molecule has 0 saturated heterocycles. The van der Waals surface area contributed by atoms with Crippen molar-refractivity contribution in [3.05, 3.63) is 69.3 Å². The van der Waals surface area contributed by atoms with Crippen molar-refractivity contribution in [2.75, 3.05) is 5.32 Å². The first-order valence-corrected chi connectivity index (χ1v) is 8.60. The van der Waals surface area contributed by atoms with Crippen molar-refractivity contribution < 1.29 is 9.18 Å². The standard InChI is InChI=1S/C17H11Cl2FN2OS/c18-11-3-6-14(19)13(8-11)15-9-24-17(21-15)22-16(23)7-10-1-4-12(20)5-2-10/h1-6,8-9H,7H2,(H,21,22,23). The minimum atomic E-state index is -0.331. The van der Waals surface area contributed by atoms with Crippen molar-refractivity contribution >= 4 is 45.6 Å². The molecule has 1 amide bonds. The molecule has 3 rings (SSSR count). The second-order valence-corrected chi connectivity index (χ2v) is 6.72. The molecule has 0 unspecified atom stereocenters. The van der Waals surface area contributed by atoms with Crippen molar-refractivity contribution in [2.24, 2.45) is 0 Å². The van der Waals surface area contributed by atoms with Gasteiger partial charge in [0.2, 0.25) is 5.91 Å². The number of halogens is 3. The smallest absolute Gasteiger partial charge is 0.230 e. The Balaban J connectivity index is 1.70. The highest BCUT2D eigenvalue weighted by atomic mass is 35.5. The number of rotatable bonds is 4. The zero-order valence-electron chi connectivity index (χ0n) is 12.2. The number of thiazole rings is 1. The van der Waals surface area contributed by atoms with E-state index in [1.807, 2.05) is 0 Å². The zero-order chi connectivity index (χ0) is 17.1. The maximum atomic E-state index is 12.9. The zero-order valence-corrected chi connectivity index (χ0v) is 14.6. The highest BCUT2D eigenvalue weighted by Gasteiger charge is 2.11. The van der Waals surface area contributed by atoms with E-state index in [0.717, 1.165) is 5.56 Å². The van der Waals surface area contributed by atoms with Crippen LogP contribution in [0.5, 0.6) is 0 Å². The molecule has 1 N–H and O–H groups in total. The summed E-state index contributed by atoms with van der Waals surface area (Å²) in [4.78, 5) is 16.4. The first kappa shape index (κ1) is 16.9. The van der Waals surface area contributed by atoms with Crippen molar-refractivity contribution in [1.82, 2.24) is 4.98 Å². The molecule has 0 aliphatic rings. The summed E-state index contributed by atoms with van der Waals surface area (Å²) in [7, 11) is 0. The molecule has 122 valence electrons. The maximum absolute atomic E-state index is 12.9. The molecule has 0 bridgehead atoms. The molecule has 3 nitrogen and oxygen atoms in total. The highest BCUT2D eigenvalue weighted by Crippen LogP contribution is 2.32. The molecule has 2 aromatic carbocycles. The first-order valence-electron chi connectivity index (χ1n) is 6.96. The fourth-order valence-corrected chi connectivity index (χ4v) is 3.21. The molecule has 0 fully saturated rings. The Kier molecular flexibility index (Phi) is 5.14. The van der Waals surface area contributed by atoms with E-state index < -0.39 is 0 Å². The second kappa shape index (κ2) is 7.30. The molecule has 3 aromatic rings. The average molecular weight is 381 g/mol. The van der Waals surface area contributed by atoms with Gasteiger partial charge in [0.15, 0.2) is 5.13 Å². The highest BCUT2D eigenvalue weighted by molar-refractivity contribution is 7.14. The van der Waals surface area contributed by atoms with Crippen LogP contribution in [-0.4, -0.2) is 10.9 Å². The molecular formula is C17H11Cl2FN2OS. The van der Waals surface area contributed by atoms with E-state index in [0.29, 0.717) is 26.4 Å². The number of aromatic nitrogens is 1. The molecule has 24 heavy (non-hydrogen) atoms. The van der Waals surface area contributed by atoms with Crippen molar-refractivity contribution in [3.8, 4) is 11.3 Å². The monoisotopic (exact) mass is 380 g/mol. The van der Waals surface area contributed by atoms with Gasteiger partial charge in [-0.1, -0.05) is 35.3 Å². The van der Waals surface area contributed by atoms with Crippen LogP contribution in [0.15, 0.2) is 47.8 Å². The molecule has 0 aliphatic carbocycles. The summed E-state index contributed by atoms with van der Waals surface area (Å²) in [6.07, 6.45) is 0.146.